The Morgan fingerprint density at radius 2 is 1.67 bits per heavy atom. The van der Waals surface area contributed by atoms with Crippen molar-refractivity contribution >= 4 is 11.8 Å². The molecule has 0 aromatic heterocycles. The number of nitrogens with one attached hydrogen (secondary N) is 1. The van der Waals surface area contributed by atoms with Crippen molar-refractivity contribution < 1.29 is 23.4 Å². The molecule has 102 valence electrons. The molecule has 0 atom stereocenters. The van der Waals surface area contributed by atoms with Crippen molar-refractivity contribution in [2.24, 2.45) is 0 Å². The van der Waals surface area contributed by atoms with Crippen LogP contribution in [-0.4, -0.2) is 35.0 Å². The summed E-state index contributed by atoms with van der Waals surface area (Å²) < 4.78 is 36.2. The Labute approximate surface area is 107 Å². The van der Waals surface area contributed by atoms with E-state index in [2.05, 4.69) is 5.32 Å². The molecule has 18 heavy (non-hydrogen) atoms. The van der Waals surface area contributed by atoms with Crippen molar-refractivity contribution in [2.75, 3.05) is 13.2 Å². The van der Waals surface area contributed by atoms with Crippen molar-refractivity contribution in [2.45, 2.75) is 23.0 Å². The normalized spacial score (nSPS) is 12.1. The zero-order chi connectivity index (χ0) is 13.6. The number of benzene rings is 1. The summed E-state index contributed by atoms with van der Waals surface area (Å²) in [6.45, 7) is -0.0141. The van der Waals surface area contributed by atoms with E-state index in [1.807, 2.05) is 0 Å². The first-order valence-corrected chi connectivity index (χ1v) is 6.06. The lowest BCUT2D eigenvalue weighted by molar-refractivity contribution is -0.0328. The Hall–Kier alpha value is -0.760. The Balaban J connectivity index is 2.50. The molecule has 0 spiro atoms. The monoisotopic (exact) mass is 281 g/mol. The van der Waals surface area contributed by atoms with Crippen molar-refractivity contribution in [1.29, 1.82) is 0 Å². The van der Waals surface area contributed by atoms with Gasteiger partial charge in [0, 0.05) is 11.4 Å². The minimum absolute atomic E-state index is 0.132. The number of halogens is 3. The van der Waals surface area contributed by atoms with E-state index in [0.29, 0.717) is 6.54 Å². The minimum atomic E-state index is -4.28. The molecular weight excluding hydrogens is 267 g/mol. The molecule has 0 radical (unpaired) electrons. The summed E-state index contributed by atoms with van der Waals surface area (Å²) in [6.07, 6.45) is 0. The van der Waals surface area contributed by atoms with Crippen LogP contribution < -0.4 is 5.32 Å². The Bertz CT molecular complexity index is 352. The van der Waals surface area contributed by atoms with E-state index in [4.69, 9.17) is 10.2 Å². The van der Waals surface area contributed by atoms with E-state index in [1.165, 1.54) is 12.1 Å². The molecule has 0 fully saturated rings. The molecular formula is C11H14F3NO2S. The van der Waals surface area contributed by atoms with E-state index in [-0.39, 0.29) is 29.9 Å². The van der Waals surface area contributed by atoms with Crippen molar-refractivity contribution in [3.05, 3.63) is 29.8 Å². The molecule has 1 aromatic carbocycles. The zero-order valence-electron chi connectivity index (χ0n) is 9.44. The average Bonchev–Trinajstić information content (AvgIpc) is 2.30. The van der Waals surface area contributed by atoms with Gasteiger partial charge < -0.3 is 15.5 Å². The molecule has 1 aromatic rings. The maximum absolute atomic E-state index is 12.1. The molecule has 0 amide bonds. The fraction of sp³-hybridized carbons (Fsp3) is 0.455. The SMILES string of the molecule is OCC(CO)NCc1ccc(SC(F)(F)F)cc1. The van der Waals surface area contributed by atoms with E-state index >= 15 is 0 Å². The van der Waals surface area contributed by atoms with Crippen LogP contribution >= 0.6 is 11.8 Å². The highest BCUT2D eigenvalue weighted by atomic mass is 32.2. The summed E-state index contributed by atoms with van der Waals surface area (Å²) in [5.74, 6) is 0. The van der Waals surface area contributed by atoms with Crippen LogP contribution in [0.1, 0.15) is 5.56 Å². The van der Waals surface area contributed by atoms with Crippen LogP contribution in [0.25, 0.3) is 0 Å². The van der Waals surface area contributed by atoms with Gasteiger partial charge in [-0.05, 0) is 29.5 Å². The zero-order valence-corrected chi connectivity index (χ0v) is 10.3. The van der Waals surface area contributed by atoms with Crippen LogP contribution in [0.2, 0.25) is 0 Å². The third-order valence-electron chi connectivity index (χ3n) is 2.19. The lowest BCUT2D eigenvalue weighted by Gasteiger charge is -2.13. The number of alkyl halides is 3. The first-order chi connectivity index (χ1) is 8.44. The van der Waals surface area contributed by atoms with Gasteiger partial charge in [0.2, 0.25) is 0 Å². The fourth-order valence-electron chi connectivity index (χ4n) is 1.26. The predicted molar refractivity (Wildman–Crippen MR) is 63.2 cm³/mol. The van der Waals surface area contributed by atoms with Crippen molar-refractivity contribution in [3.8, 4) is 0 Å². The molecule has 0 saturated carbocycles. The molecule has 0 bridgehead atoms. The van der Waals surface area contributed by atoms with Gasteiger partial charge in [0.1, 0.15) is 0 Å². The van der Waals surface area contributed by atoms with Gasteiger partial charge >= 0.3 is 5.51 Å². The van der Waals surface area contributed by atoms with Gasteiger partial charge in [0.05, 0.1) is 19.3 Å². The van der Waals surface area contributed by atoms with Crippen molar-refractivity contribution in [3.63, 3.8) is 0 Å². The third kappa shape index (κ3) is 5.72. The Kier molecular flexibility index (Phi) is 5.94. The highest BCUT2D eigenvalue weighted by molar-refractivity contribution is 8.00. The van der Waals surface area contributed by atoms with Gasteiger partial charge in [-0.25, -0.2) is 0 Å². The average molecular weight is 281 g/mol. The van der Waals surface area contributed by atoms with Crippen LogP contribution in [-0.2, 0) is 6.54 Å². The van der Waals surface area contributed by atoms with Gasteiger partial charge in [-0.15, -0.1) is 0 Å². The lowest BCUT2D eigenvalue weighted by Crippen LogP contribution is -2.35. The second-order valence-corrected chi connectivity index (χ2v) is 4.77. The molecule has 0 saturated heterocycles. The molecule has 3 N–H and O–H groups in total. The number of thioether (sulfide) groups is 1. The number of hydrogen-bond acceptors (Lipinski definition) is 4. The topological polar surface area (TPSA) is 52.5 Å². The number of hydrogen-bond donors (Lipinski definition) is 3. The summed E-state index contributed by atoms with van der Waals surface area (Å²) in [5, 5.41) is 20.5. The summed E-state index contributed by atoms with van der Waals surface area (Å²) in [6, 6.07) is 5.51. The third-order valence-corrected chi connectivity index (χ3v) is 2.93. The van der Waals surface area contributed by atoms with E-state index in [1.54, 1.807) is 12.1 Å². The van der Waals surface area contributed by atoms with Gasteiger partial charge in [-0.1, -0.05) is 12.1 Å². The van der Waals surface area contributed by atoms with Crippen LogP contribution in [0.3, 0.4) is 0 Å². The summed E-state index contributed by atoms with van der Waals surface area (Å²) in [5.41, 5.74) is -3.49. The second kappa shape index (κ2) is 6.98. The number of aliphatic hydroxyl groups excluding tert-OH is 2. The molecule has 1 rings (SSSR count). The highest BCUT2D eigenvalue weighted by Gasteiger charge is 2.28. The molecule has 7 heteroatoms. The maximum atomic E-state index is 12.1. The molecule has 0 aliphatic rings. The highest BCUT2D eigenvalue weighted by Crippen LogP contribution is 2.36. The fourth-order valence-corrected chi connectivity index (χ4v) is 1.80. The van der Waals surface area contributed by atoms with E-state index in [0.717, 1.165) is 5.56 Å². The Morgan fingerprint density at radius 1 is 1.11 bits per heavy atom. The lowest BCUT2D eigenvalue weighted by atomic mass is 10.2. The van der Waals surface area contributed by atoms with Gasteiger partial charge in [0.15, 0.2) is 0 Å². The standard InChI is InChI=1S/C11H14F3NO2S/c12-11(13,14)18-10-3-1-8(2-4-10)5-15-9(6-16)7-17/h1-4,9,15-17H,5-7H2. The van der Waals surface area contributed by atoms with Gasteiger partial charge in [0.25, 0.3) is 0 Å². The smallest absolute Gasteiger partial charge is 0.395 e. The largest absolute Gasteiger partial charge is 0.446 e. The van der Waals surface area contributed by atoms with Crippen LogP contribution in [0, 0.1) is 0 Å². The van der Waals surface area contributed by atoms with Crippen LogP contribution in [0.5, 0.6) is 0 Å². The van der Waals surface area contributed by atoms with E-state index < -0.39 is 11.6 Å². The van der Waals surface area contributed by atoms with Crippen molar-refractivity contribution in [1.82, 2.24) is 5.32 Å². The van der Waals surface area contributed by atoms with Crippen LogP contribution in [0.15, 0.2) is 29.2 Å². The van der Waals surface area contributed by atoms with E-state index in [9.17, 15) is 13.2 Å². The summed E-state index contributed by atoms with van der Waals surface area (Å²) >= 11 is -0.158. The summed E-state index contributed by atoms with van der Waals surface area (Å²) in [7, 11) is 0. The first-order valence-electron chi connectivity index (χ1n) is 5.24. The maximum Gasteiger partial charge on any atom is 0.446 e. The van der Waals surface area contributed by atoms with Crippen LogP contribution in [0.4, 0.5) is 13.2 Å². The van der Waals surface area contributed by atoms with Gasteiger partial charge in [-0.2, -0.15) is 13.2 Å². The number of aliphatic hydroxyl groups is 2. The molecule has 0 heterocycles. The molecule has 0 unspecified atom stereocenters. The Morgan fingerprint density at radius 3 is 2.11 bits per heavy atom. The minimum Gasteiger partial charge on any atom is -0.395 e. The molecule has 3 nitrogen and oxygen atoms in total. The quantitative estimate of drug-likeness (QED) is 0.695. The molecule has 0 aliphatic carbocycles. The summed E-state index contributed by atoms with van der Waals surface area (Å²) in [4.78, 5) is 0.132. The second-order valence-electron chi connectivity index (χ2n) is 3.63. The number of rotatable bonds is 6. The van der Waals surface area contributed by atoms with Gasteiger partial charge in [-0.3, -0.25) is 0 Å². The predicted octanol–water partition coefficient (Wildman–Crippen LogP) is 1.74. The first kappa shape index (κ1) is 15.3. The molecule has 0 aliphatic heterocycles.